The van der Waals surface area contributed by atoms with Gasteiger partial charge in [-0.15, -0.1) is 0 Å². The first-order valence-corrected chi connectivity index (χ1v) is 22.2. The van der Waals surface area contributed by atoms with Gasteiger partial charge < -0.3 is 14.4 Å². The Morgan fingerprint density at radius 1 is 0.695 bits per heavy atom. The number of carbonyl (C=O) groups is 2. The summed E-state index contributed by atoms with van der Waals surface area (Å²) in [5.74, 6) is -0.623. The predicted molar refractivity (Wildman–Crippen MR) is 226 cm³/mol. The number of allylic oxidation sites excluding steroid dienone is 4. The number of imidazole rings is 1. The molecule has 2 heterocycles. The molecule has 0 spiro atoms. The van der Waals surface area contributed by atoms with Gasteiger partial charge in [-0.05, 0) is 80.9 Å². The van der Waals surface area contributed by atoms with Gasteiger partial charge in [0.15, 0.2) is 11.0 Å². The molecule has 0 saturated heterocycles. The van der Waals surface area contributed by atoms with E-state index < -0.39 is 43.7 Å². The molecule has 0 fully saturated rings. The highest BCUT2D eigenvalue weighted by Gasteiger charge is 2.33. The summed E-state index contributed by atoms with van der Waals surface area (Å²) in [6, 6.07) is 29.5. The van der Waals surface area contributed by atoms with E-state index in [1.165, 1.54) is 0 Å². The van der Waals surface area contributed by atoms with Gasteiger partial charge in [-0.2, -0.15) is 21.4 Å². The lowest BCUT2D eigenvalue weighted by Crippen LogP contribution is -2.37. The standard InChI is InChI=1S/C43H44N4O10S2/c1-3-56-42(48)32-22-24-36-38(30-32)44(26-14-28-58(50,51)52)40(46(36)34-16-8-5-9-17-34)20-12-7-13-21-41-45(27-15-29-59(53,54)55)39-31-33(43(49)57-4-2)23-25-37(39)47(41)35-18-10-6-11-19-35/h5-13,16-25,30-31H,3-4,14-15,26-29H2,1-2H3,(H-,50,51,52,53,54,55)/p+1. The Morgan fingerprint density at radius 3 is 1.92 bits per heavy atom. The quantitative estimate of drug-likeness (QED) is 0.0430. The fourth-order valence-corrected chi connectivity index (χ4v) is 7.92. The number of para-hydroxylation sites is 2. The first kappa shape index (κ1) is 42.5. The maximum absolute atomic E-state index is 12.8. The smallest absolute Gasteiger partial charge is 0.338 e. The zero-order valence-electron chi connectivity index (χ0n) is 32.5. The van der Waals surface area contributed by atoms with Crippen LogP contribution >= 0.6 is 0 Å². The number of fused-ring (bicyclic) bond motifs is 2. The van der Waals surface area contributed by atoms with Crippen molar-refractivity contribution in [3.05, 3.63) is 144 Å². The summed E-state index contributed by atoms with van der Waals surface area (Å²) in [5.41, 5.74) is 5.04. The van der Waals surface area contributed by atoms with Crippen LogP contribution < -0.4 is 14.4 Å². The lowest BCUT2D eigenvalue weighted by molar-refractivity contribution is -0.673. The Bertz CT molecular complexity index is 2640. The number of nitrogens with zero attached hydrogens (tertiary/aromatic N) is 4. The summed E-state index contributed by atoms with van der Waals surface area (Å²) in [4.78, 5) is 29.5. The average molecular weight is 842 g/mol. The molecule has 1 aliphatic heterocycles. The Morgan fingerprint density at radius 2 is 1.29 bits per heavy atom. The number of hydrogen-bond acceptors (Lipinski definition) is 10. The topological polar surface area (TPSA) is 177 Å². The molecule has 5 aromatic rings. The molecule has 14 nitrogen and oxygen atoms in total. The Hall–Kier alpha value is -6.07. The van der Waals surface area contributed by atoms with Crippen molar-refractivity contribution < 1.29 is 49.6 Å². The number of aryl methyl sites for hydroxylation is 1. The summed E-state index contributed by atoms with van der Waals surface area (Å²) >= 11 is 0. The third-order valence-electron chi connectivity index (χ3n) is 9.36. The molecule has 1 aliphatic rings. The SMILES string of the molecule is CCOC(=O)c1ccc2c(c1)N(CCCS(=O)(=O)O)/C(=C/C=C/C=C/c1n(-c3ccccc3)c3ccc(C(=O)OCC)cc3[n+]1CCCS(=O)(=O)O)N2c1ccccc1. The van der Waals surface area contributed by atoms with Crippen LogP contribution in [0, 0.1) is 0 Å². The first-order valence-electron chi connectivity index (χ1n) is 19.0. The minimum atomic E-state index is -4.24. The van der Waals surface area contributed by atoms with Crippen LogP contribution in [0.4, 0.5) is 17.1 Å². The van der Waals surface area contributed by atoms with Crippen LogP contribution in [0.25, 0.3) is 22.8 Å². The van der Waals surface area contributed by atoms with Crippen LogP contribution in [0.2, 0.25) is 0 Å². The van der Waals surface area contributed by atoms with Gasteiger partial charge in [0, 0.05) is 30.8 Å². The van der Waals surface area contributed by atoms with E-state index in [1.807, 2.05) is 116 Å². The van der Waals surface area contributed by atoms with Crippen molar-refractivity contribution in [2.45, 2.75) is 33.2 Å². The second-order valence-corrected chi connectivity index (χ2v) is 16.5. The van der Waals surface area contributed by atoms with Crippen LogP contribution in [0.1, 0.15) is 53.2 Å². The predicted octanol–water partition coefficient (Wildman–Crippen LogP) is 6.90. The fourth-order valence-electron chi connectivity index (χ4n) is 6.93. The van der Waals surface area contributed by atoms with Gasteiger partial charge in [-0.25, -0.2) is 14.2 Å². The lowest BCUT2D eigenvalue weighted by atomic mass is 10.1. The highest BCUT2D eigenvalue weighted by molar-refractivity contribution is 7.86. The molecule has 6 rings (SSSR count). The molecular formula is C43H45N4O10S2+. The number of hydrogen-bond donors (Lipinski definition) is 2. The van der Waals surface area contributed by atoms with Crippen LogP contribution in [0.3, 0.4) is 0 Å². The number of carbonyl (C=O) groups excluding carboxylic acids is 2. The van der Waals surface area contributed by atoms with Gasteiger partial charge in [0.25, 0.3) is 26.1 Å². The molecule has 1 aromatic heterocycles. The number of esters is 2. The highest BCUT2D eigenvalue weighted by Crippen LogP contribution is 2.46. The monoisotopic (exact) mass is 841 g/mol. The zero-order chi connectivity index (χ0) is 42.2. The molecule has 0 amide bonds. The van der Waals surface area contributed by atoms with Gasteiger partial charge in [-0.3, -0.25) is 14.0 Å². The zero-order valence-corrected chi connectivity index (χ0v) is 34.2. The van der Waals surface area contributed by atoms with Crippen molar-refractivity contribution in [2.24, 2.45) is 0 Å². The van der Waals surface area contributed by atoms with Crippen LogP contribution in [-0.2, 0) is 36.3 Å². The van der Waals surface area contributed by atoms with Crippen molar-refractivity contribution in [3.8, 4) is 5.69 Å². The van der Waals surface area contributed by atoms with Gasteiger partial charge in [0.2, 0.25) is 0 Å². The summed E-state index contributed by atoms with van der Waals surface area (Å²) < 4.78 is 80.4. The molecule has 16 heteroatoms. The maximum Gasteiger partial charge on any atom is 0.338 e. The Labute approximate surface area is 343 Å². The maximum atomic E-state index is 12.8. The third-order valence-corrected chi connectivity index (χ3v) is 11.0. The normalized spacial score (nSPS) is 13.9. The second kappa shape index (κ2) is 18.7. The highest BCUT2D eigenvalue weighted by atomic mass is 32.2. The number of benzene rings is 4. The molecule has 0 saturated carbocycles. The van der Waals surface area contributed by atoms with Gasteiger partial charge in [0.1, 0.15) is 11.5 Å². The number of anilines is 3. The van der Waals surface area contributed by atoms with E-state index in [-0.39, 0.29) is 39.1 Å². The molecule has 59 heavy (non-hydrogen) atoms. The Kier molecular flexibility index (Phi) is 13.5. The van der Waals surface area contributed by atoms with Crippen molar-refractivity contribution in [2.75, 3.05) is 41.1 Å². The van der Waals surface area contributed by atoms with Crippen molar-refractivity contribution >= 4 is 66.3 Å². The summed E-state index contributed by atoms with van der Waals surface area (Å²) in [6.45, 7) is 4.20. The van der Waals surface area contributed by atoms with E-state index in [9.17, 15) is 35.5 Å². The molecule has 0 aliphatic carbocycles. The minimum Gasteiger partial charge on any atom is -0.462 e. The summed E-state index contributed by atoms with van der Waals surface area (Å²) in [7, 11) is -8.48. The van der Waals surface area contributed by atoms with Crippen molar-refractivity contribution in [3.63, 3.8) is 0 Å². The van der Waals surface area contributed by atoms with E-state index in [2.05, 4.69) is 0 Å². The second-order valence-electron chi connectivity index (χ2n) is 13.4. The molecule has 4 aromatic carbocycles. The third kappa shape index (κ3) is 10.3. The van der Waals surface area contributed by atoms with Gasteiger partial charge >= 0.3 is 11.9 Å². The van der Waals surface area contributed by atoms with E-state index in [4.69, 9.17) is 9.47 Å². The lowest BCUT2D eigenvalue weighted by Gasteiger charge is -2.25. The Balaban J connectivity index is 1.45. The molecule has 0 unspecified atom stereocenters. The molecule has 0 bridgehead atoms. The van der Waals surface area contributed by atoms with E-state index in [0.29, 0.717) is 34.0 Å². The fraction of sp³-hybridized carbons (Fsp3) is 0.233. The first-order chi connectivity index (χ1) is 28.3. The molecule has 0 radical (unpaired) electrons. The van der Waals surface area contributed by atoms with Crippen molar-refractivity contribution in [1.29, 1.82) is 0 Å². The summed E-state index contributed by atoms with van der Waals surface area (Å²) in [5, 5.41) is 0. The molecule has 308 valence electrons. The average Bonchev–Trinajstić information content (AvgIpc) is 3.68. The molecule has 2 N–H and O–H groups in total. The molecular weight excluding hydrogens is 797 g/mol. The van der Waals surface area contributed by atoms with E-state index >= 15 is 0 Å². The van der Waals surface area contributed by atoms with E-state index in [0.717, 1.165) is 22.6 Å². The van der Waals surface area contributed by atoms with E-state index in [1.54, 1.807) is 44.2 Å². The van der Waals surface area contributed by atoms with Crippen molar-refractivity contribution in [1.82, 2.24) is 4.57 Å². The molecule has 0 atom stereocenters. The minimum absolute atomic E-state index is 0.0883. The largest absolute Gasteiger partial charge is 0.462 e. The van der Waals surface area contributed by atoms with Crippen LogP contribution in [0.15, 0.2) is 127 Å². The number of ether oxygens (including phenoxy) is 2. The number of aromatic nitrogens is 2. The van der Waals surface area contributed by atoms with Gasteiger partial charge in [-0.1, -0.05) is 54.6 Å². The number of rotatable bonds is 17. The van der Waals surface area contributed by atoms with Crippen LogP contribution in [-0.4, -0.2) is 73.7 Å². The summed E-state index contributed by atoms with van der Waals surface area (Å²) in [6.07, 6.45) is 9.31. The van der Waals surface area contributed by atoms with Gasteiger partial charge in [0.05, 0.1) is 53.8 Å². The van der Waals surface area contributed by atoms with Crippen LogP contribution in [0.5, 0.6) is 0 Å².